The number of hydrogen-bond acceptors (Lipinski definition) is 7. The number of rotatable bonds is 5. The third-order valence-corrected chi connectivity index (χ3v) is 5.51. The predicted molar refractivity (Wildman–Crippen MR) is 95.8 cm³/mol. The van der Waals surface area contributed by atoms with Crippen LogP contribution in [0.2, 0.25) is 0 Å². The molecule has 1 aliphatic heterocycles. The maximum atomic E-state index is 12.2. The number of carbonyl (C=O) groups excluding carboxylic acids is 3. The predicted octanol–water partition coefficient (Wildman–Crippen LogP) is 2.30. The molecular weight excluding hydrogens is 362 g/mol. The number of esters is 1. The summed E-state index contributed by atoms with van der Waals surface area (Å²) < 4.78 is 4.58. The van der Waals surface area contributed by atoms with Crippen molar-refractivity contribution in [1.29, 1.82) is 0 Å². The van der Waals surface area contributed by atoms with Crippen molar-refractivity contribution in [2.45, 2.75) is 23.0 Å². The first kappa shape index (κ1) is 17.4. The summed E-state index contributed by atoms with van der Waals surface area (Å²) >= 11 is 2.59. The van der Waals surface area contributed by atoms with Crippen LogP contribution in [0.25, 0.3) is 0 Å². The van der Waals surface area contributed by atoms with Crippen LogP contribution < -0.4 is 10.6 Å². The summed E-state index contributed by atoms with van der Waals surface area (Å²) in [7, 11) is 1.31. The quantitative estimate of drug-likeness (QED) is 0.776. The summed E-state index contributed by atoms with van der Waals surface area (Å²) in [4.78, 5) is 40.6. The number of ether oxygens (including phenoxy) is 1. The van der Waals surface area contributed by atoms with Crippen LogP contribution in [-0.2, 0) is 25.5 Å². The van der Waals surface area contributed by atoms with Crippen molar-refractivity contribution in [3.8, 4) is 0 Å². The highest BCUT2D eigenvalue weighted by atomic mass is 32.2. The SMILES string of the molecule is COC(=O)Cc1csc(NC(=O)CC2Sc3ccccc3NC2=O)n1. The number of fused-ring (bicyclic) bond motifs is 1. The lowest BCUT2D eigenvalue weighted by molar-refractivity contribution is -0.139. The highest BCUT2D eigenvalue weighted by molar-refractivity contribution is 8.01. The molecule has 2 amide bonds. The summed E-state index contributed by atoms with van der Waals surface area (Å²) in [6.07, 6.45) is 0.0945. The molecule has 0 saturated carbocycles. The number of anilines is 2. The number of nitrogens with one attached hydrogen (secondary N) is 2. The topological polar surface area (TPSA) is 97.4 Å². The van der Waals surface area contributed by atoms with E-state index in [1.165, 1.54) is 30.2 Å². The van der Waals surface area contributed by atoms with Gasteiger partial charge in [0.1, 0.15) is 0 Å². The van der Waals surface area contributed by atoms with Crippen molar-refractivity contribution in [2.24, 2.45) is 0 Å². The fourth-order valence-electron chi connectivity index (χ4n) is 2.23. The molecule has 1 atom stereocenters. The average Bonchev–Trinajstić information content (AvgIpc) is 3.02. The van der Waals surface area contributed by atoms with E-state index >= 15 is 0 Å². The lowest BCUT2D eigenvalue weighted by atomic mass is 10.2. The molecule has 0 radical (unpaired) electrons. The molecular formula is C16H15N3O4S2. The molecule has 0 spiro atoms. The smallest absolute Gasteiger partial charge is 0.311 e. The van der Waals surface area contributed by atoms with Gasteiger partial charge in [0.2, 0.25) is 11.8 Å². The second kappa shape index (κ2) is 7.66. The van der Waals surface area contributed by atoms with Crippen LogP contribution >= 0.6 is 23.1 Å². The first-order chi connectivity index (χ1) is 12.0. The van der Waals surface area contributed by atoms with Crippen LogP contribution in [-0.4, -0.2) is 35.1 Å². The molecule has 9 heteroatoms. The molecule has 0 aliphatic carbocycles. The molecule has 1 aromatic carbocycles. The Kier molecular flexibility index (Phi) is 5.34. The Morgan fingerprint density at radius 3 is 2.96 bits per heavy atom. The summed E-state index contributed by atoms with van der Waals surface area (Å²) in [5, 5.41) is 7.06. The van der Waals surface area contributed by atoms with Crippen molar-refractivity contribution in [3.63, 3.8) is 0 Å². The fraction of sp³-hybridized carbons (Fsp3) is 0.250. The van der Waals surface area contributed by atoms with Gasteiger partial charge in [0.15, 0.2) is 5.13 Å². The van der Waals surface area contributed by atoms with Crippen molar-refractivity contribution in [2.75, 3.05) is 17.7 Å². The second-order valence-corrected chi connectivity index (χ2v) is 7.34. The molecule has 2 N–H and O–H groups in total. The molecule has 0 saturated heterocycles. The maximum absolute atomic E-state index is 12.2. The van der Waals surface area contributed by atoms with E-state index in [9.17, 15) is 14.4 Å². The van der Waals surface area contributed by atoms with E-state index in [1.807, 2.05) is 24.3 Å². The monoisotopic (exact) mass is 377 g/mol. The first-order valence-electron chi connectivity index (χ1n) is 7.43. The van der Waals surface area contributed by atoms with Gasteiger partial charge in [-0.3, -0.25) is 14.4 Å². The number of carbonyl (C=O) groups is 3. The van der Waals surface area contributed by atoms with Crippen molar-refractivity contribution in [3.05, 3.63) is 35.3 Å². The Labute approximate surface area is 152 Å². The van der Waals surface area contributed by atoms with Crippen molar-refractivity contribution in [1.82, 2.24) is 4.98 Å². The normalized spacial score (nSPS) is 15.9. The molecule has 25 heavy (non-hydrogen) atoms. The van der Waals surface area contributed by atoms with Gasteiger partial charge in [0.25, 0.3) is 0 Å². The zero-order valence-corrected chi connectivity index (χ0v) is 14.9. The van der Waals surface area contributed by atoms with Gasteiger partial charge >= 0.3 is 5.97 Å². The molecule has 1 unspecified atom stereocenters. The number of methoxy groups -OCH3 is 1. The molecule has 3 rings (SSSR count). The summed E-state index contributed by atoms with van der Waals surface area (Å²) in [6, 6.07) is 7.47. The largest absolute Gasteiger partial charge is 0.469 e. The van der Waals surface area contributed by atoms with Crippen LogP contribution in [0.3, 0.4) is 0 Å². The molecule has 0 fully saturated rings. The van der Waals surface area contributed by atoms with Crippen LogP contribution in [0.4, 0.5) is 10.8 Å². The Morgan fingerprint density at radius 1 is 1.36 bits per heavy atom. The van der Waals surface area contributed by atoms with E-state index in [4.69, 9.17) is 0 Å². The molecule has 7 nitrogen and oxygen atoms in total. The van der Waals surface area contributed by atoms with Crippen LogP contribution in [0.15, 0.2) is 34.5 Å². The number of amides is 2. The van der Waals surface area contributed by atoms with Gasteiger partial charge in [0, 0.05) is 16.7 Å². The summed E-state index contributed by atoms with van der Waals surface area (Å²) in [5.74, 6) is -0.882. The number of para-hydroxylation sites is 1. The fourth-order valence-corrected chi connectivity index (χ4v) is 4.07. The van der Waals surface area contributed by atoms with E-state index in [-0.39, 0.29) is 24.7 Å². The summed E-state index contributed by atoms with van der Waals surface area (Å²) in [6.45, 7) is 0. The number of nitrogens with zero attached hydrogens (tertiary/aromatic N) is 1. The van der Waals surface area contributed by atoms with Crippen LogP contribution in [0.1, 0.15) is 12.1 Å². The Bertz CT molecular complexity index is 821. The molecule has 0 bridgehead atoms. The lowest BCUT2D eigenvalue weighted by Crippen LogP contribution is -2.32. The number of benzene rings is 1. The minimum atomic E-state index is -0.496. The van der Waals surface area contributed by atoms with Crippen LogP contribution in [0, 0.1) is 0 Å². The number of thioether (sulfide) groups is 1. The molecule has 1 aliphatic rings. The highest BCUT2D eigenvalue weighted by Gasteiger charge is 2.29. The summed E-state index contributed by atoms with van der Waals surface area (Å²) in [5.41, 5.74) is 1.30. The Balaban J connectivity index is 1.58. The van der Waals surface area contributed by atoms with E-state index in [0.717, 1.165) is 10.6 Å². The number of hydrogen-bond donors (Lipinski definition) is 2. The molecule has 2 heterocycles. The number of aromatic nitrogens is 1. The van der Waals surface area contributed by atoms with Gasteiger partial charge in [-0.1, -0.05) is 12.1 Å². The highest BCUT2D eigenvalue weighted by Crippen LogP contribution is 2.36. The van der Waals surface area contributed by atoms with Gasteiger partial charge in [0.05, 0.1) is 30.2 Å². The van der Waals surface area contributed by atoms with E-state index < -0.39 is 11.2 Å². The Morgan fingerprint density at radius 2 is 2.16 bits per heavy atom. The lowest BCUT2D eigenvalue weighted by Gasteiger charge is -2.23. The first-order valence-corrected chi connectivity index (χ1v) is 9.18. The van der Waals surface area contributed by atoms with E-state index in [2.05, 4.69) is 20.4 Å². The van der Waals surface area contributed by atoms with Gasteiger partial charge in [-0.25, -0.2) is 4.98 Å². The van der Waals surface area contributed by atoms with Gasteiger partial charge in [-0.05, 0) is 12.1 Å². The minimum Gasteiger partial charge on any atom is -0.469 e. The molecule has 130 valence electrons. The van der Waals surface area contributed by atoms with E-state index in [0.29, 0.717) is 10.8 Å². The van der Waals surface area contributed by atoms with Gasteiger partial charge in [-0.15, -0.1) is 23.1 Å². The average molecular weight is 377 g/mol. The van der Waals surface area contributed by atoms with Crippen molar-refractivity contribution < 1.29 is 19.1 Å². The number of thiazole rings is 1. The van der Waals surface area contributed by atoms with Gasteiger partial charge < -0.3 is 15.4 Å². The minimum absolute atomic E-state index is 0.0384. The van der Waals surface area contributed by atoms with Crippen molar-refractivity contribution >= 4 is 51.7 Å². The third-order valence-electron chi connectivity index (χ3n) is 3.43. The zero-order valence-electron chi connectivity index (χ0n) is 13.3. The zero-order chi connectivity index (χ0) is 17.8. The second-order valence-electron chi connectivity index (χ2n) is 5.24. The van der Waals surface area contributed by atoms with E-state index in [1.54, 1.807) is 5.38 Å². The standard InChI is InChI=1S/C16H15N3O4S2/c1-23-14(21)6-9-8-24-16(17-9)19-13(20)7-12-15(22)18-10-4-2-3-5-11(10)25-12/h2-5,8,12H,6-7H2,1H3,(H,18,22)(H,17,19,20). The maximum Gasteiger partial charge on any atom is 0.311 e. The Hall–Kier alpha value is -2.39. The molecule has 2 aromatic rings. The van der Waals surface area contributed by atoms with Gasteiger partial charge in [-0.2, -0.15) is 0 Å². The van der Waals surface area contributed by atoms with Crippen LogP contribution in [0.5, 0.6) is 0 Å². The molecule has 1 aromatic heterocycles. The third kappa shape index (κ3) is 4.37.